The molecule has 0 aromatic carbocycles. The zero-order chi connectivity index (χ0) is 8.36. The van der Waals surface area contributed by atoms with E-state index in [2.05, 4.69) is 0 Å². The molecule has 0 saturated carbocycles. The number of Topliss-reactive ketones (excluding diaryl/α,β-unsaturated/α-hetero) is 1. The van der Waals surface area contributed by atoms with E-state index in [0.29, 0.717) is 0 Å². The van der Waals surface area contributed by atoms with Crippen molar-refractivity contribution in [1.82, 2.24) is 0 Å². The maximum Gasteiger partial charge on any atom is 0.164 e. The Kier molecular flexibility index (Phi) is 2.58. The van der Waals surface area contributed by atoms with Gasteiger partial charge < -0.3 is 10.2 Å². The normalized spacial score (nSPS) is 18.7. The number of hydrogen-bond acceptors (Lipinski definition) is 3. The second-order valence-corrected chi connectivity index (χ2v) is 2.27. The molecular formula is C7H10O3. The minimum absolute atomic E-state index is 0.544. The van der Waals surface area contributed by atoms with E-state index in [-0.39, 0.29) is 0 Å². The quantitative estimate of drug-likeness (QED) is 0.502. The number of rotatable bonds is 2. The van der Waals surface area contributed by atoms with Crippen molar-refractivity contribution in [2.24, 2.45) is 0 Å². The molecule has 10 heavy (non-hydrogen) atoms. The zero-order valence-electron chi connectivity index (χ0n) is 5.96. The van der Waals surface area contributed by atoms with Gasteiger partial charge in [-0.1, -0.05) is 5.92 Å². The molecule has 0 heterocycles. The van der Waals surface area contributed by atoms with Gasteiger partial charge in [-0.25, -0.2) is 0 Å². The summed E-state index contributed by atoms with van der Waals surface area (Å²) in [6, 6.07) is 0. The predicted molar refractivity (Wildman–Crippen MR) is 36.1 cm³/mol. The van der Waals surface area contributed by atoms with Gasteiger partial charge in [-0.2, -0.15) is 0 Å². The molecule has 2 atom stereocenters. The Morgan fingerprint density at radius 2 is 2.20 bits per heavy atom. The van der Waals surface area contributed by atoms with E-state index in [4.69, 9.17) is 16.6 Å². The Bertz CT molecular complexity index is 176. The van der Waals surface area contributed by atoms with E-state index in [9.17, 15) is 4.79 Å². The van der Waals surface area contributed by atoms with Crippen LogP contribution in [0.15, 0.2) is 0 Å². The predicted octanol–water partition coefficient (Wildman–Crippen LogP) is -0.679. The van der Waals surface area contributed by atoms with E-state index in [1.807, 2.05) is 5.92 Å². The fourth-order valence-electron chi connectivity index (χ4n) is 0.355. The molecular weight excluding hydrogens is 132 g/mol. The van der Waals surface area contributed by atoms with E-state index in [0.717, 1.165) is 0 Å². The van der Waals surface area contributed by atoms with Crippen LogP contribution in [0.4, 0.5) is 0 Å². The Labute approximate surface area is 59.7 Å². The molecule has 0 fully saturated rings. The summed E-state index contributed by atoms with van der Waals surface area (Å²) in [6.45, 7) is 2.35. The highest BCUT2D eigenvalue weighted by atomic mass is 16.3. The first kappa shape index (κ1) is 9.15. The third-order valence-electron chi connectivity index (χ3n) is 1.40. The lowest BCUT2D eigenvalue weighted by atomic mass is 9.96. The third kappa shape index (κ3) is 1.56. The van der Waals surface area contributed by atoms with Gasteiger partial charge in [0, 0.05) is 0 Å². The SMILES string of the molecule is C#CC(O)C(C)(O)C(C)=O. The number of carbonyl (C=O) groups excluding carboxylic acids is 1. The summed E-state index contributed by atoms with van der Waals surface area (Å²) in [7, 11) is 0. The van der Waals surface area contributed by atoms with E-state index < -0.39 is 17.5 Å². The fraction of sp³-hybridized carbons (Fsp3) is 0.571. The summed E-state index contributed by atoms with van der Waals surface area (Å²) in [4.78, 5) is 10.6. The van der Waals surface area contributed by atoms with Gasteiger partial charge in [-0.05, 0) is 13.8 Å². The molecule has 0 saturated heterocycles. The Morgan fingerprint density at radius 3 is 2.30 bits per heavy atom. The Balaban J connectivity index is 4.43. The van der Waals surface area contributed by atoms with Gasteiger partial charge in [-0.15, -0.1) is 6.42 Å². The first-order valence-corrected chi connectivity index (χ1v) is 2.80. The molecule has 3 heteroatoms. The zero-order valence-corrected chi connectivity index (χ0v) is 5.96. The van der Waals surface area contributed by atoms with Crippen LogP contribution in [0.1, 0.15) is 13.8 Å². The minimum atomic E-state index is -1.81. The molecule has 3 nitrogen and oxygen atoms in total. The topological polar surface area (TPSA) is 57.5 Å². The summed E-state index contributed by atoms with van der Waals surface area (Å²) in [6.07, 6.45) is 3.36. The van der Waals surface area contributed by atoms with Crippen molar-refractivity contribution in [3.8, 4) is 12.3 Å². The molecule has 0 aromatic rings. The lowest BCUT2D eigenvalue weighted by molar-refractivity contribution is -0.140. The molecule has 0 aliphatic heterocycles. The molecule has 0 amide bonds. The Morgan fingerprint density at radius 1 is 1.80 bits per heavy atom. The summed E-state index contributed by atoms with van der Waals surface area (Å²) in [5.74, 6) is 1.33. The van der Waals surface area contributed by atoms with Crippen LogP contribution >= 0.6 is 0 Å². The van der Waals surface area contributed by atoms with Crippen molar-refractivity contribution in [3.05, 3.63) is 0 Å². The molecule has 0 aliphatic rings. The maximum atomic E-state index is 10.6. The molecule has 2 N–H and O–H groups in total. The van der Waals surface area contributed by atoms with Gasteiger partial charge in [-0.3, -0.25) is 4.79 Å². The molecule has 0 spiro atoms. The second-order valence-electron chi connectivity index (χ2n) is 2.27. The van der Waals surface area contributed by atoms with Crippen molar-refractivity contribution < 1.29 is 15.0 Å². The average molecular weight is 142 g/mol. The van der Waals surface area contributed by atoms with Crippen molar-refractivity contribution >= 4 is 5.78 Å². The first-order valence-electron chi connectivity index (χ1n) is 2.80. The van der Waals surface area contributed by atoms with Crippen molar-refractivity contribution in [1.29, 1.82) is 0 Å². The summed E-state index contributed by atoms with van der Waals surface area (Å²) >= 11 is 0. The lowest BCUT2D eigenvalue weighted by Gasteiger charge is -2.21. The lowest BCUT2D eigenvalue weighted by Crippen LogP contribution is -2.44. The largest absolute Gasteiger partial charge is 0.379 e. The van der Waals surface area contributed by atoms with Gasteiger partial charge >= 0.3 is 0 Å². The van der Waals surface area contributed by atoms with Crippen LogP contribution in [0.25, 0.3) is 0 Å². The summed E-state index contributed by atoms with van der Waals surface area (Å²) in [5, 5.41) is 18.0. The van der Waals surface area contributed by atoms with Crippen molar-refractivity contribution in [2.45, 2.75) is 25.6 Å². The van der Waals surface area contributed by atoms with E-state index in [1.165, 1.54) is 13.8 Å². The fourth-order valence-corrected chi connectivity index (χ4v) is 0.355. The van der Waals surface area contributed by atoms with Crippen LogP contribution in [0.3, 0.4) is 0 Å². The number of terminal acetylenes is 1. The number of aliphatic hydroxyl groups is 2. The average Bonchev–Trinajstić information content (AvgIpc) is 1.86. The number of carbonyl (C=O) groups is 1. The highest BCUT2D eigenvalue weighted by Crippen LogP contribution is 2.09. The number of ketones is 1. The molecule has 0 rings (SSSR count). The minimum Gasteiger partial charge on any atom is -0.379 e. The maximum absolute atomic E-state index is 10.6. The summed E-state index contributed by atoms with van der Waals surface area (Å²) < 4.78 is 0. The number of hydrogen-bond donors (Lipinski definition) is 2. The van der Waals surface area contributed by atoms with Gasteiger partial charge in [0.15, 0.2) is 11.4 Å². The monoisotopic (exact) mass is 142 g/mol. The van der Waals surface area contributed by atoms with Crippen LogP contribution in [-0.4, -0.2) is 27.7 Å². The third-order valence-corrected chi connectivity index (χ3v) is 1.40. The van der Waals surface area contributed by atoms with Crippen LogP contribution in [0, 0.1) is 12.3 Å². The van der Waals surface area contributed by atoms with Gasteiger partial charge in [0.05, 0.1) is 0 Å². The first-order chi connectivity index (χ1) is 4.42. The van der Waals surface area contributed by atoms with Crippen molar-refractivity contribution in [2.75, 3.05) is 0 Å². The Hall–Kier alpha value is -0.850. The van der Waals surface area contributed by atoms with Gasteiger partial charge in [0.2, 0.25) is 0 Å². The van der Waals surface area contributed by atoms with E-state index >= 15 is 0 Å². The molecule has 0 aliphatic carbocycles. The molecule has 0 bridgehead atoms. The standard InChI is InChI=1S/C7H10O3/c1-4-6(9)7(3,10)5(2)8/h1,6,9-10H,2-3H3. The van der Waals surface area contributed by atoms with Crippen LogP contribution in [0.2, 0.25) is 0 Å². The molecule has 0 radical (unpaired) electrons. The van der Waals surface area contributed by atoms with Crippen LogP contribution in [-0.2, 0) is 4.79 Å². The van der Waals surface area contributed by atoms with E-state index in [1.54, 1.807) is 0 Å². The number of aliphatic hydroxyl groups excluding tert-OH is 1. The van der Waals surface area contributed by atoms with Gasteiger partial charge in [0.1, 0.15) is 6.10 Å². The molecule has 2 unspecified atom stereocenters. The molecule has 0 aromatic heterocycles. The summed E-state index contributed by atoms with van der Waals surface area (Å²) in [5.41, 5.74) is -1.81. The van der Waals surface area contributed by atoms with Crippen LogP contribution in [0.5, 0.6) is 0 Å². The van der Waals surface area contributed by atoms with Crippen molar-refractivity contribution in [3.63, 3.8) is 0 Å². The highest BCUT2D eigenvalue weighted by molar-refractivity contribution is 5.85. The van der Waals surface area contributed by atoms with Crippen LogP contribution < -0.4 is 0 Å². The van der Waals surface area contributed by atoms with Gasteiger partial charge in [0.25, 0.3) is 0 Å². The molecule has 56 valence electrons. The smallest absolute Gasteiger partial charge is 0.164 e. The highest BCUT2D eigenvalue weighted by Gasteiger charge is 2.33. The second kappa shape index (κ2) is 2.82.